The minimum absolute atomic E-state index is 0.0396. The molecule has 1 aliphatic carbocycles. The highest BCUT2D eigenvalue weighted by molar-refractivity contribution is 7.13. The molecule has 1 aliphatic heterocycles. The van der Waals surface area contributed by atoms with Crippen molar-refractivity contribution >= 4 is 24.8 Å². The molecule has 1 heterocycles. The fourth-order valence-corrected chi connectivity index (χ4v) is 2.71. The Bertz CT molecular complexity index is 226. The van der Waals surface area contributed by atoms with E-state index < -0.39 is 0 Å². The molecule has 0 aromatic rings. The van der Waals surface area contributed by atoms with Gasteiger partial charge in [0, 0.05) is 13.1 Å². The van der Waals surface area contributed by atoms with Gasteiger partial charge in [-0.1, -0.05) is 9.39 Å². The summed E-state index contributed by atoms with van der Waals surface area (Å²) in [6.07, 6.45) is 3.32. The van der Waals surface area contributed by atoms with E-state index in [0.29, 0.717) is 5.41 Å². The van der Waals surface area contributed by atoms with Crippen LogP contribution in [0.1, 0.15) is 19.3 Å². The van der Waals surface area contributed by atoms with Crippen LogP contribution < -0.4 is 0 Å². The third-order valence-corrected chi connectivity index (χ3v) is 4.13. The van der Waals surface area contributed by atoms with Crippen LogP contribution in [0.4, 0.5) is 0 Å². The predicted octanol–water partition coefficient (Wildman–Crippen LogP) is 1.21. The van der Waals surface area contributed by atoms with Crippen molar-refractivity contribution in [2.75, 3.05) is 13.1 Å². The summed E-state index contributed by atoms with van der Waals surface area (Å²) in [5, 5.41) is 0. The lowest BCUT2D eigenvalue weighted by molar-refractivity contribution is -0.135. The second kappa shape index (κ2) is 3.46. The van der Waals surface area contributed by atoms with Gasteiger partial charge in [0.1, 0.15) is 0 Å². The van der Waals surface area contributed by atoms with Crippen LogP contribution >= 0.6 is 18.9 Å². The number of rotatable bonds is 1. The lowest BCUT2D eigenvalue weighted by Gasteiger charge is -2.29. The van der Waals surface area contributed by atoms with E-state index in [9.17, 15) is 4.79 Å². The first kappa shape index (κ1) is 9.83. The predicted molar refractivity (Wildman–Crippen MR) is 56.9 cm³/mol. The van der Waals surface area contributed by atoms with Crippen molar-refractivity contribution < 1.29 is 9.32 Å². The molecule has 13 heavy (non-hydrogen) atoms. The van der Waals surface area contributed by atoms with Crippen molar-refractivity contribution in [2.24, 2.45) is 11.3 Å². The van der Waals surface area contributed by atoms with E-state index in [1.54, 1.807) is 0 Å². The molecule has 74 valence electrons. The van der Waals surface area contributed by atoms with Crippen molar-refractivity contribution in [1.29, 1.82) is 0 Å². The van der Waals surface area contributed by atoms with Gasteiger partial charge in [0.15, 0.2) is 0 Å². The average Bonchev–Trinajstić information content (AvgIpc) is 2.85. The maximum Gasteiger partial charge on any atom is 0.311 e. The van der Waals surface area contributed by atoms with E-state index in [2.05, 4.69) is 18.6 Å². The maximum absolute atomic E-state index is 11.3. The van der Waals surface area contributed by atoms with Crippen LogP contribution in [0.25, 0.3) is 0 Å². The minimum atomic E-state index is -0.0396. The zero-order valence-electron chi connectivity index (χ0n) is 7.53. The Hall–Kier alpha value is 0.290. The standard InChI is InChI=1S/C8H15NO2P2/c10-7(11-13)6-5-8(6)1-3-9(12)4-2-8/h6H,1-5,12-13H2. The summed E-state index contributed by atoms with van der Waals surface area (Å²) in [5.41, 5.74) is 0.306. The first-order valence-electron chi connectivity index (χ1n) is 4.58. The second-order valence-electron chi connectivity index (χ2n) is 4.09. The largest absolute Gasteiger partial charge is 0.451 e. The third kappa shape index (κ3) is 1.75. The number of carbonyl (C=O) groups excluding carboxylic acids is 1. The van der Waals surface area contributed by atoms with Gasteiger partial charge in [-0.05, 0) is 24.7 Å². The van der Waals surface area contributed by atoms with E-state index in [1.807, 2.05) is 9.47 Å². The fraction of sp³-hybridized carbons (Fsp3) is 0.875. The van der Waals surface area contributed by atoms with Gasteiger partial charge in [-0.3, -0.25) is 9.46 Å². The maximum atomic E-state index is 11.3. The van der Waals surface area contributed by atoms with Crippen LogP contribution in [0.2, 0.25) is 0 Å². The highest BCUT2D eigenvalue weighted by Gasteiger charge is 2.58. The van der Waals surface area contributed by atoms with E-state index >= 15 is 0 Å². The Kier molecular flexibility index (Phi) is 2.61. The molecule has 2 fully saturated rings. The molecule has 0 amide bonds. The Morgan fingerprint density at radius 2 is 2.08 bits per heavy atom. The Morgan fingerprint density at radius 3 is 2.62 bits per heavy atom. The van der Waals surface area contributed by atoms with Gasteiger partial charge >= 0.3 is 5.97 Å². The van der Waals surface area contributed by atoms with Crippen LogP contribution in [-0.4, -0.2) is 23.7 Å². The molecule has 3 unspecified atom stereocenters. The first-order chi connectivity index (χ1) is 6.18. The molecule has 2 aliphatic rings. The van der Waals surface area contributed by atoms with Gasteiger partial charge in [-0.25, -0.2) is 0 Å². The van der Waals surface area contributed by atoms with Crippen molar-refractivity contribution in [1.82, 2.24) is 4.67 Å². The fourth-order valence-electron chi connectivity index (χ4n) is 2.28. The molecule has 3 nitrogen and oxygen atoms in total. The Morgan fingerprint density at radius 1 is 1.46 bits per heavy atom. The molecular weight excluding hydrogens is 204 g/mol. The van der Waals surface area contributed by atoms with Gasteiger partial charge in [-0.15, -0.1) is 0 Å². The average molecular weight is 219 g/mol. The van der Waals surface area contributed by atoms with Crippen molar-refractivity contribution in [3.8, 4) is 0 Å². The molecule has 0 aromatic carbocycles. The van der Waals surface area contributed by atoms with Crippen LogP contribution in [-0.2, 0) is 9.32 Å². The summed E-state index contributed by atoms with van der Waals surface area (Å²) < 4.78 is 6.93. The van der Waals surface area contributed by atoms with Crippen LogP contribution in [0.15, 0.2) is 0 Å². The van der Waals surface area contributed by atoms with Gasteiger partial charge in [0.25, 0.3) is 0 Å². The zero-order valence-corrected chi connectivity index (χ0v) is 9.84. The summed E-state index contributed by atoms with van der Waals surface area (Å²) >= 11 is 0. The van der Waals surface area contributed by atoms with Crippen LogP contribution in [0.3, 0.4) is 0 Å². The van der Waals surface area contributed by atoms with Crippen molar-refractivity contribution in [3.63, 3.8) is 0 Å². The molecule has 0 bridgehead atoms. The van der Waals surface area contributed by atoms with Gasteiger partial charge in [-0.2, -0.15) is 0 Å². The summed E-state index contributed by atoms with van der Waals surface area (Å²) in [6.45, 7) is 2.18. The normalized spacial score (nSPS) is 31.7. The monoisotopic (exact) mass is 219 g/mol. The number of hydrogen-bond donors (Lipinski definition) is 0. The number of nitrogens with zero attached hydrogens (tertiary/aromatic N) is 1. The smallest absolute Gasteiger partial charge is 0.311 e. The van der Waals surface area contributed by atoms with Gasteiger partial charge in [0.2, 0.25) is 0 Å². The van der Waals surface area contributed by atoms with Crippen LogP contribution in [0.5, 0.6) is 0 Å². The molecule has 1 spiro atoms. The molecule has 2 rings (SSSR count). The molecule has 3 atom stereocenters. The van der Waals surface area contributed by atoms with Gasteiger partial charge < -0.3 is 4.52 Å². The molecule has 1 saturated carbocycles. The van der Waals surface area contributed by atoms with E-state index in [1.165, 1.54) is 0 Å². The molecule has 1 saturated heterocycles. The molecular formula is C8H15NO2P2. The molecule has 5 heteroatoms. The summed E-state index contributed by atoms with van der Waals surface area (Å²) in [7, 11) is 4.77. The lowest BCUT2D eigenvalue weighted by atomic mass is 9.92. The van der Waals surface area contributed by atoms with Gasteiger partial charge in [0.05, 0.1) is 15.4 Å². The van der Waals surface area contributed by atoms with Crippen molar-refractivity contribution in [3.05, 3.63) is 0 Å². The molecule has 0 N–H and O–H groups in total. The summed E-state index contributed by atoms with van der Waals surface area (Å²) in [6, 6.07) is 0. The Labute approximate surface area is 83.1 Å². The number of carbonyl (C=O) groups is 1. The highest BCUT2D eigenvalue weighted by Crippen LogP contribution is 2.60. The molecule has 0 radical (unpaired) electrons. The summed E-state index contributed by atoms with van der Waals surface area (Å²) in [4.78, 5) is 11.3. The van der Waals surface area contributed by atoms with Crippen LogP contribution in [0, 0.1) is 11.3 Å². The number of piperidine rings is 1. The number of hydrogen-bond acceptors (Lipinski definition) is 3. The Balaban J connectivity index is 1.92. The SMILES string of the molecule is O=C(OP)C1CC12CCN(P)CC2. The summed E-state index contributed by atoms with van der Waals surface area (Å²) in [5.74, 6) is 0.144. The first-order valence-corrected chi connectivity index (χ1v) is 5.57. The zero-order chi connectivity index (χ0) is 9.47. The minimum Gasteiger partial charge on any atom is -0.451 e. The van der Waals surface area contributed by atoms with E-state index in [-0.39, 0.29) is 11.9 Å². The van der Waals surface area contributed by atoms with E-state index in [4.69, 9.17) is 0 Å². The highest BCUT2D eigenvalue weighted by atomic mass is 31.0. The second-order valence-corrected chi connectivity index (χ2v) is 5.06. The topological polar surface area (TPSA) is 29.5 Å². The van der Waals surface area contributed by atoms with Crippen molar-refractivity contribution in [2.45, 2.75) is 19.3 Å². The third-order valence-electron chi connectivity index (χ3n) is 3.38. The lowest BCUT2D eigenvalue weighted by Crippen LogP contribution is -2.29. The molecule has 0 aromatic heterocycles. The quantitative estimate of drug-likeness (QED) is 0.621. The van der Waals surface area contributed by atoms with E-state index in [0.717, 1.165) is 32.4 Å².